The lowest BCUT2D eigenvalue weighted by molar-refractivity contribution is 0.0878. The monoisotopic (exact) mass is 315 g/mol. The standard InChI is InChI=1S/C20H33N3/c1-4-21-13-15-23(16-14-21)20-9-11-22(12-10-20)19-7-5-18(6-8-19)17(2)3/h5-8,17,20H,4,9-16H2,1-3H3. The van der Waals surface area contributed by atoms with Crippen LogP contribution in [0.15, 0.2) is 24.3 Å². The Hall–Kier alpha value is -1.06. The van der Waals surface area contributed by atoms with E-state index in [9.17, 15) is 0 Å². The molecule has 0 bridgehead atoms. The van der Waals surface area contributed by atoms with Gasteiger partial charge in [-0.25, -0.2) is 0 Å². The third kappa shape index (κ3) is 4.07. The molecule has 0 atom stereocenters. The van der Waals surface area contributed by atoms with Crippen molar-refractivity contribution in [1.82, 2.24) is 9.80 Å². The Bertz CT molecular complexity index is 466. The highest BCUT2D eigenvalue weighted by Gasteiger charge is 2.27. The summed E-state index contributed by atoms with van der Waals surface area (Å²) in [5.74, 6) is 0.622. The first-order chi connectivity index (χ1) is 11.2. The summed E-state index contributed by atoms with van der Waals surface area (Å²) in [6.45, 7) is 15.5. The molecule has 3 nitrogen and oxygen atoms in total. The summed E-state index contributed by atoms with van der Waals surface area (Å²) in [5, 5.41) is 0. The maximum Gasteiger partial charge on any atom is 0.0366 e. The van der Waals surface area contributed by atoms with Crippen molar-refractivity contribution in [3.63, 3.8) is 0 Å². The second-order valence-corrected chi connectivity index (χ2v) is 7.43. The Morgan fingerprint density at radius 2 is 1.52 bits per heavy atom. The van der Waals surface area contributed by atoms with E-state index in [1.807, 2.05) is 0 Å². The van der Waals surface area contributed by atoms with E-state index in [0.717, 1.165) is 6.04 Å². The van der Waals surface area contributed by atoms with Crippen molar-refractivity contribution in [2.24, 2.45) is 0 Å². The largest absolute Gasteiger partial charge is 0.371 e. The van der Waals surface area contributed by atoms with Crippen LogP contribution < -0.4 is 4.90 Å². The van der Waals surface area contributed by atoms with E-state index >= 15 is 0 Å². The molecule has 23 heavy (non-hydrogen) atoms. The van der Waals surface area contributed by atoms with Crippen LogP contribution in [-0.4, -0.2) is 61.7 Å². The lowest BCUT2D eigenvalue weighted by Crippen LogP contribution is -2.53. The highest BCUT2D eigenvalue weighted by atomic mass is 15.3. The van der Waals surface area contributed by atoms with E-state index in [-0.39, 0.29) is 0 Å². The Kier molecular flexibility index (Phi) is 5.60. The van der Waals surface area contributed by atoms with E-state index in [1.165, 1.54) is 69.9 Å². The average molecular weight is 316 g/mol. The maximum absolute atomic E-state index is 2.74. The van der Waals surface area contributed by atoms with Gasteiger partial charge in [-0.1, -0.05) is 32.9 Å². The number of benzene rings is 1. The molecule has 0 amide bonds. The number of piperazine rings is 1. The third-order valence-corrected chi connectivity index (χ3v) is 5.76. The number of nitrogens with zero attached hydrogens (tertiary/aromatic N) is 3. The number of hydrogen-bond donors (Lipinski definition) is 0. The van der Waals surface area contributed by atoms with Crippen LogP contribution in [0.5, 0.6) is 0 Å². The van der Waals surface area contributed by atoms with Gasteiger partial charge in [-0.2, -0.15) is 0 Å². The molecule has 0 radical (unpaired) electrons. The van der Waals surface area contributed by atoms with Crippen LogP contribution in [0.4, 0.5) is 5.69 Å². The maximum atomic E-state index is 2.74. The second kappa shape index (κ2) is 7.67. The molecular formula is C20H33N3. The Labute approximate surface area is 142 Å². The second-order valence-electron chi connectivity index (χ2n) is 7.43. The van der Waals surface area contributed by atoms with Crippen LogP contribution in [0.2, 0.25) is 0 Å². The van der Waals surface area contributed by atoms with Crippen molar-refractivity contribution < 1.29 is 0 Å². The summed E-state index contributed by atoms with van der Waals surface area (Å²) in [6.07, 6.45) is 2.64. The number of hydrogen-bond acceptors (Lipinski definition) is 3. The molecule has 0 N–H and O–H groups in total. The molecule has 3 rings (SSSR count). The van der Waals surface area contributed by atoms with E-state index in [1.54, 1.807) is 0 Å². The molecule has 1 aromatic rings. The minimum absolute atomic E-state index is 0.622. The van der Waals surface area contributed by atoms with Crippen molar-refractivity contribution in [3.05, 3.63) is 29.8 Å². The highest BCUT2D eigenvalue weighted by Crippen LogP contribution is 2.25. The SMILES string of the molecule is CCN1CCN(C2CCN(c3ccc(C(C)C)cc3)CC2)CC1. The fourth-order valence-electron chi connectivity index (χ4n) is 4.00. The van der Waals surface area contributed by atoms with Crippen LogP contribution in [0.25, 0.3) is 0 Å². The lowest BCUT2D eigenvalue weighted by atomic mass is 10.00. The van der Waals surface area contributed by atoms with E-state index in [4.69, 9.17) is 0 Å². The van der Waals surface area contributed by atoms with Crippen LogP contribution in [0.3, 0.4) is 0 Å². The first-order valence-corrected chi connectivity index (χ1v) is 9.48. The summed E-state index contributed by atoms with van der Waals surface area (Å²) in [5.41, 5.74) is 2.85. The molecule has 0 unspecified atom stereocenters. The summed E-state index contributed by atoms with van der Waals surface area (Å²) in [4.78, 5) is 7.89. The molecule has 3 heteroatoms. The quantitative estimate of drug-likeness (QED) is 0.843. The Balaban J connectivity index is 1.50. The zero-order valence-electron chi connectivity index (χ0n) is 15.2. The molecule has 128 valence electrons. The van der Waals surface area contributed by atoms with E-state index in [2.05, 4.69) is 59.7 Å². The third-order valence-electron chi connectivity index (χ3n) is 5.76. The van der Waals surface area contributed by atoms with Crippen LogP contribution in [0.1, 0.15) is 45.1 Å². The number of piperidine rings is 1. The van der Waals surface area contributed by atoms with Gasteiger partial charge in [0.15, 0.2) is 0 Å². The van der Waals surface area contributed by atoms with Crippen molar-refractivity contribution in [2.75, 3.05) is 50.7 Å². The van der Waals surface area contributed by atoms with E-state index in [0.29, 0.717) is 5.92 Å². The van der Waals surface area contributed by atoms with Gasteiger partial charge in [0, 0.05) is 51.0 Å². The molecule has 2 saturated heterocycles. The van der Waals surface area contributed by atoms with Gasteiger partial charge in [0.05, 0.1) is 0 Å². The smallest absolute Gasteiger partial charge is 0.0366 e. The highest BCUT2D eigenvalue weighted by molar-refractivity contribution is 5.48. The molecule has 2 heterocycles. The predicted molar refractivity (Wildman–Crippen MR) is 99.5 cm³/mol. The molecule has 1 aromatic carbocycles. The Morgan fingerprint density at radius 3 is 2.04 bits per heavy atom. The van der Waals surface area contributed by atoms with Gasteiger partial charge in [-0.15, -0.1) is 0 Å². The normalized spacial score (nSPS) is 22.0. The van der Waals surface area contributed by atoms with Gasteiger partial charge in [0.2, 0.25) is 0 Å². The molecule has 0 aromatic heterocycles. The first kappa shape index (κ1) is 16.8. The Morgan fingerprint density at radius 1 is 0.913 bits per heavy atom. The van der Waals surface area contributed by atoms with Crippen LogP contribution in [0, 0.1) is 0 Å². The van der Waals surface area contributed by atoms with Crippen molar-refractivity contribution >= 4 is 5.69 Å². The van der Waals surface area contributed by atoms with Gasteiger partial charge in [0.25, 0.3) is 0 Å². The minimum atomic E-state index is 0.622. The molecule has 0 spiro atoms. The lowest BCUT2D eigenvalue weighted by Gasteiger charge is -2.43. The fraction of sp³-hybridized carbons (Fsp3) is 0.700. The van der Waals surface area contributed by atoms with Crippen molar-refractivity contribution in [1.29, 1.82) is 0 Å². The van der Waals surface area contributed by atoms with Gasteiger partial charge >= 0.3 is 0 Å². The summed E-state index contributed by atoms with van der Waals surface area (Å²) in [6, 6.07) is 10.0. The summed E-state index contributed by atoms with van der Waals surface area (Å²) < 4.78 is 0. The van der Waals surface area contributed by atoms with Gasteiger partial charge < -0.3 is 9.80 Å². The number of anilines is 1. The molecule has 0 saturated carbocycles. The van der Waals surface area contributed by atoms with Gasteiger partial charge in [-0.3, -0.25) is 4.90 Å². The molecule has 2 aliphatic rings. The average Bonchev–Trinajstić information content (AvgIpc) is 2.62. The van der Waals surface area contributed by atoms with Crippen LogP contribution >= 0.6 is 0 Å². The van der Waals surface area contributed by atoms with Gasteiger partial charge in [-0.05, 0) is 43.0 Å². The fourth-order valence-corrected chi connectivity index (χ4v) is 4.00. The topological polar surface area (TPSA) is 9.72 Å². The van der Waals surface area contributed by atoms with Crippen molar-refractivity contribution in [3.8, 4) is 0 Å². The van der Waals surface area contributed by atoms with Crippen molar-refractivity contribution in [2.45, 2.75) is 45.6 Å². The molecule has 0 aliphatic carbocycles. The molecule has 2 aliphatic heterocycles. The zero-order valence-corrected chi connectivity index (χ0v) is 15.2. The van der Waals surface area contributed by atoms with E-state index < -0.39 is 0 Å². The minimum Gasteiger partial charge on any atom is -0.371 e. The number of rotatable bonds is 4. The molecular weight excluding hydrogens is 282 g/mol. The zero-order chi connectivity index (χ0) is 16.2. The first-order valence-electron chi connectivity index (χ1n) is 9.48. The molecule has 2 fully saturated rings. The summed E-state index contributed by atoms with van der Waals surface area (Å²) >= 11 is 0. The van der Waals surface area contributed by atoms with Gasteiger partial charge in [0.1, 0.15) is 0 Å². The predicted octanol–water partition coefficient (Wildman–Crippen LogP) is 3.42. The van der Waals surface area contributed by atoms with Crippen LogP contribution in [-0.2, 0) is 0 Å². The number of likely N-dealkylation sites (N-methyl/N-ethyl adjacent to an activating group) is 1. The summed E-state index contributed by atoms with van der Waals surface area (Å²) in [7, 11) is 0.